The Morgan fingerprint density at radius 3 is 2.21 bits per heavy atom. The van der Waals surface area contributed by atoms with Crippen LogP contribution < -0.4 is 5.56 Å². The van der Waals surface area contributed by atoms with Gasteiger partial charge in [0.25, 0.3) is 5.56 Å². The predicted molar refractivity (Wildman–Crippen MR) is 80.8 cm³/mol. The van der Waals surface area contributed by atoms with E-state index in [1.165, 1.54) is 0 Å². The number of halogens is 1. The number of hydrogen-bond acceptors (Lipinski definition) is 1. The van der Waals surface area contributed by atoms with E-state index in [2.05, 4.69) is 20.8 Å². The summed E-state index contributed by atoms with van der Waals surface area (Å²) in [5.74, 6) is 0. The fourth-order valence-corrected chi connectivity index (χ4v) is 2.50. The van der Waals surface area contributed by atoms with Crippen LogP contribution in [0.3, 0.4) is 0 Å². The van der Waals surface area contributed by atoms with Crippen molar-refractivity contribution in [2.75, 3.05) is 0 Å². The molecule has 19 heavy (non-hydrogen) atoms. The number of pyridine rings is 1. The Labute approximate surface area is 118 Å². The fraction of sp³-hybridized carbons (Fsp3) is 0.312. The Morgan fingerprint density at radius 1 is 1.05 bits per heavy atom. The molecule has 1 aromatic carbocycles. The molecule has 0 aliphatic heterocycles. The first-order valence-corrected chi connectivity index (χ1v) is 6.64. The van der Waals surface area contributed by atoms with Crippen LogP contribution in [0.15, 0.2) is 41.3 Å². The van der Waals surface area contributed by atoms with Gasteiger partial charge in [-0.1, -0.05) is 44.5 Å². The van der Waals surface area contributed by atoms with Crippen LogP contribution in [0.2, 0.25) is 5.02 Å². The van der Waals surface area contributed by atoms with E-state index in [1.807, 2.05) is 24.3 Å². The maximum absolute atomic E-state index is 11.7. The summed E-state index contributed by atoms with van der Waals surface area (Å²) >= 11 is 6.35. The van der Waals surface area contributed by atoms with Crippen molar-refractivity contribution in [3.8, 4) is 11.1 Å². The molecule has 0 spiro atoms. The predicted octanol–water partition coefficient (Wildman–Crippen LogP) is 4.00. The minimum absolute atomic E-state index is 0.0163. The van der Waals surface area contributed by atoms with Gasteiger partial charge in [-0.15, -0.1) is 0 Å². The normalized spacial score (nSPS) is 11.6. The molecular formula is C16H18ClNO. The highest BCUT2D eigenvalue weighted by Gasteiger charge is 2.17. The van der Waals surface area contributed by atoms with Gasteiger partial charge in [0.15, 0.2) is 0 Å². The molecule has 0 aliphatic rings. The molecule has 0 amide bonds. The van der Waals surface area contributed by atoms with Crippen molar-refractivity contribution < 1.29 is 0 Å². The van der Waals surface area contributed by atoms with Gasteiger partial charge in [0.2, 0.25) is 0 Å². The number of rotatable bonds is 1. The summed E-state index contributed by atoms with van der Waals surface area (Å²) < 4.78 is 1.55. The van der Waals surface area contributed by atoms with E-state index in [-0.39, 0.29) is 11.0 Å². The van der Waals surface area contributed by atoms with Crippen LogP contribution in [0, 0.1) is 0 Å². The largest absolute Gasteiger partial charge is 0.319 e. The number of benzene rings is 1. The monoisotopic (exact) mass is 275 g/mol. The third-order valence-corrected chi connectivity index (χ3v) is 3.53. The molecule has 0 radical (unpaired) electrons. The Balaban J connectivity index is 2.50. The summed E-state index contributed by atoms with van der Waals surface area (Å²) in [4.78, 5) is 11.7. The third-order valence-electron chi connectivity index (χ3n) is 3.21. The molecule has 0 bridgehead atoms. The van der Waals surface area contributed by atoms with Crippen molar-refractivity contribution in [3.05, 3.63) is 57.5 Å². The molecule has 1 aromatic heterocycles. The van der Waals surface area contributed by atoms with E-state index in [0.29, 0.717) is 0 Å². The van der Waals surface area contributed by atoms with Gasteiger partial charge in [-0.2, -0.15) is 0 Å². The lowest BCUT2D eigenvalue weighted by molar-refractivity contribution is 0.590. The van der Waals surface area contributed by atoms with E-state index in [1.54, 1.807) is 23.9 Å². The number of hydrogen-bond donors (Lipinski definition) is 0. The minimum Gasteiger partial charge on any atom is -0.319 e. The lowest BCUT2D eigenvalue weighted by Crippen LogP contribution is -2.14. The molecule has 0 unspecified atom stereocenters. The first-order chi connectivity index (χ1) is 8.79. The number of aromatic nitrogens is 1. The Kier molecular flexibility index (Phi) is 3.55. The molecule has 0 N–H and O–H groups in total. The lowest BCUT2D eigenvalue weighted by Gasteiger charge is -2.21. The van der Waals surface area contributed by atoms with E-state index in [9.17, 15) is 4.79 Å². The van der Waals surface area contributed by atoms with Crippen LogP contribution in [-0.2, 0) is 12.5 Å². The zero-order valence-corrected chi connectivity index (χ0v) is 12.5. The Bertz CT molecular complexity index is 665. The zero-order valence-electron chi connectivity index (χ0n) is 11.7. The van der Waals surface area contributed by atoms with Crippen molar-refractivity contribution in [2.24, 2.45) is 7.05 Å². The first kappa shape index (κ1) is 13.9. The van der Waals surface area contributed by atoms with Crippen LogP contribution in [-0.4, -0.2) is 4.57 Å². The standard InChI is InChI=1S/C16H18ClNO/c1-16(2,3)13-6-5-11(9-14(13)17)12-7-8-18(4)15(19)10-12/h5-10H,1-4H3. The van der Waals surface area contributed by atoms with E-state index in [4.69, 9.17) is 11.6 Å². The van der Waals surface area contributed by atoms with Crippen LogP contribution >= 0.6 is 11.6 Å². The molecule has 100 valence electrons. The van der Waals surface area contributed by atoms with E-state index in [0.717, 1.165) is 21.7 Å². The third kappa shape index (κ3) is 2.90. The Morgan fingerprint density at radius 2 is 1.68 bits per heavy atom. The van der Waals surface area contributed by atoms with Crippen LogP contribution in [0.25, 0.3) is 11.1 Å². The van der Waals surface area contributed by atoms with E-state index >= 15 is 0 Å². The van der Waals surface area contributed by atoms with Gasteiger partial charge in [0.05, 0.1) is 0 Å². The average Bonchev–Trinajstić information content (AvgIpc) is 2.31. The zero-order chi connectivity index (χ0) is 14.2. The summed E-state index contributed by atoms with van der Waals surface area (Å²) in [5, 5.41) is 0.741. The van der Waals surface area contributed by atoms with Crippen molar-refractivity contribution in [1.29, 1.82) is 0 Å². The van der Waals surface area contributed by atoms with Crippen molar-refractivity contribution in [1.82, 2.24) is 4.57 Å². The lowest BCUT2D eigenvalue weighted by atomic mass is 9.86. The van der Waals surface area contributed by atoms with E-state index < -0.39 is 0 Å². The van der Waals surface area contributed by atoms with Gasteiger partial charge < -0.3 is 4.57 Å². The maximum Gasteiger partial charge on any atom is 0.250 e. The molecule has 0 saturated carbocycles. The van der Waals surface area contributed by atoms with Crippen LogP contribution in [0.5, 0.6) is 0 Å². The topological polar surface area (TPSA) is 22.0 Å². The summed E-state index contributed by atoms with van der Waals surface area (Å²) in [6.07, 6.45) is 1.77. The fourth-order valence-electron chi connectivity index (χ4n) is 2.03. The molecule has 1 heterocycles. The van der Waals surface area contributed by atoms with Crippen LogP contribution in [0.4, 0.5) is 0 Å². The molecule has 0 aliphatic carbocycles. The van der Waals surface area contributed by atoms with Gasteiger partial charge in [-0.3, -0.25) is 4.79 Å². The highest BCUT2D eigenvalue weighted by atomic mass is 35.5. The van der Waals surface area contributed by atoms with Crippen molar-refractivity contribution >= 4 is 11.6 Å². The van der Waals surface area contributed by atoms with Gasteiger partial charge >= 0.3 is 0 Å². The van der Waals surface area contributed by atoms with Crippen molar-refractivity contribution in [2.45, 2.75) is 26.2 Å². The van der Waals surface area contributed by atoms with Gasteiger partial charge in [-0.25, -0.2) is 0 Å². The molecule has 2 rings (SSSR count). The minimum atomic E-state index is -0.0199. The maximum atomic E-state index is 11.7. The van der Waals surface area contributed by atoms with Crippen molar-refractivity contribution in [3.63, 3.8) is 0 Å². The summed E-state index contributed by atoms with van der Waals surface area (Å²) in [5.41, 5.74) is 2.97. The second kappa shape index (κ2) is 4.86. The quantitative estimate of drug-likeness (QED) is 0.771. The Hall–Kier alpha value is -1.54. The SMILES string of the molecule is Cn1ccc(-c2ccc(C(C)(C)C)c(Cl)c2)cc1=O. The average molecular weight is 276 g/mol. The second-order valence-electron chi connectivity index (χ2n) is 5.81. The molecular weight excluding hydrogens is 258 g/mol. The first-order valence-electron chi connectivity index (χ1n) is 6.26. The number of aryl methyl sites for hydroxylation is 1. The van der Waals surface area contributed by atoms with Gasteiger partial charge in [0, 0.05) is 24.3 Å². The van der Waals surface area contributed by atoms with Crippen LogP contribution in [0.1, 0.15) is 26.3 Å². The summed E-state index contributed by atoms with van der Waals surface area (Å²) in [6.45, 7) is 6.39. The smallest absolute Gasteiger partial charge is 0.250 e. The molecule has 2 aromatic rings. The molecule has 2 nitrogen and oxygen atoms in total. The van der Waals surface area contributed by atoms with Gasteiger partial charge in [-0.05, 0) is 34.2 Å². The summed E-state index contributed by atoms with van der Waals surface area (Å²) in [6, 6.07) is 9.53. The molecule has 3 heteroatoms. The molecule has 0 atom stereocenters. The highest BCUT2D eigenvalue weighted by molar-refractivity contribution is 6.31. The highest BCUT2D eigenvalue weighted by Crippen LogP contribution is 2.32. The van der Waals surface area contributed by atoms with Gasteiger partial charge in [0.1, 0.15) is 0 Å². The summed E-state index contributed by atoms with van der Waals surface area (Å²) in [7, 11) is 1.74. The molecule has 0 saturated heterocycles. The molecule has 0 fully saturated rings. The second-order valence-corrected chi connectivity index (χ2v) is 6.22. The number of nitrogens with zero attached hydrogens (tertiary/aromatic N) is 1.